The first kappa shape index (κ1) is 15.0. The molecule has 0 fully saturated rings. The second-order valence-corrected chi connectivity index (χ2v) is 5.22. The van der Waals surface area contributed by atoms with Crippen molar-refractivity contribution in [3.8, 4) is 0 Å². The van der Waals surface area contributed by atoms with Gasteiger partial charge in [-0.15, -0.1) is 0 Å². The van der Waals surface area contributed by atoms with E-state index < -0.39 is 5.82 Å². The van der Waals surface area contributed by atoms with Gasteiger partial charge >= 0.3 is 0 Å². The molecule has 0 radical (unpaired) electrons. The van der Waals surface area contributed by atoms with E-state index in [0.29, 0.717) is 22.4 Å². The van der Waals surface area contributed by atoms with Crippen LogP contribution in [0.3, 0.4) is 0 Å². The maximum Gasteiger partial charge on any atom is 0.171 e. The number of anilines is 1. The summed E-state index contributed by atoms with van der Waals surface area (Å²) in [5.41, 5.74) is 1.41. The molecule has 8 heteroatoms. The van der Waals surface area contributed by atoms with Gasteiger partial charge in [0.2, 0.25) is 0 Å². The second-order valence-electron chi connectivity index (χ2n) is 4.00. The molecular weight excluding hydrogens is 322 g/mol. The summed E-state index contributed by atoms with van der Waals surface area (Å²) in [7, 11) is 1.79. The van der Waals surface area contributed by atoms with Crippen molar-refractivity contribution in [3.63, 3.8) is 0 Å². The lowest BCUT2D eigenvalue weighted by Gasteiger charge is -2.11. The highest BCUT2D eigenvalue weighted by Gasteiger charge is 2.07. The minimum Gasteiger partial charge on any atom is -0.357 e. The van der Waals surface area contributed by atoms with Gasteiger partial charge in [-0.05, 0) is 30.4 Å². The third-order valence-corrected chi connectivity index (χ3v) is 3.46. The first-order valence-electron chi connectivity index (χ1n) is 5.63. The summed E-state index contributed by atoms with van der Waals surface area (Å²) in [5, 5.41) is 10.9. The zero-order chi connectivity index (χ0) is 14.7. The van der Waals surface area contributed by atoms with Crippen LogP contribution in [-0.2, 0) is 13.6 Å². The van der Waals surface area contributed by atoms with Gasteiger partial charge in [-0.3, -0.25) is 4.68 Å². The Hall–Kier alpha value is -1.37. The number of hydrogen-bond acceptors (Lipinski definition) is 2. The van der Waals surface area contributed by atoms with Crippen molar-refractivity contribution in [2.45, 2.75) is 6.54 Å². The monoisotopic (exact) mass is 332 g/mol. The minimum atomic E-state index is -0.474. The van der Waals surface area contributed by atoms with E-state index in [1.165, 1.54) is 12.1 Å². The van der Waals surface area contributed by atoms with Gasteiger partial charge in [0.05, 0.1) is 28.5 Å². The fraction of sp³-hybridized carbons (Fsp3) is 0.167. The van der Waals surface area contributed by atoms with Crippen LogP contribution in [0.4, 0.5) is 10.1 Å². The summed E-state index contributed by atoms with van der Waals surface area (Å²) in [6.07, 6.45) is 1.56. The zero-order valence-electron chi connectivity index (χ0n) is 10.5. The third-order valence-electron chi connectivity index (χ3n) is 2.60. The van der Waals surface area contributed by atoms with Gasteiger partial charge in [-0.1, -0.05) is 23.2 Å². The van der Waals surface area contributed by atoms with Crippen LogP contribution in [0.5, 0.6) is 0 Å². The molecule has 1 aromatic heterocycles. The van der Waals surface area contributed by atoms with Gasteiger partial charge in [0, 0.05) is 12.7 Å². The summed E-state index contributed by atoms with van der Waals surface area (Å²) < 4.78 is 14.7. The molecule has 0 unspecified atom stereocenters. The number of hydrogen-bond donors (Lipinski definition) is 2. The summed E-state index contributed by atoms with van der Waals surface area (Å²) in [6, 6.07) is 4.28. The molecular formula is C12H11Cl2FN4S. The molecule has 1 aromatic carbocycles. The fourth-order valence-corrected chi connectivity index (χ4v) is 2.15. The first-order valence-corrected chi connectivity index (χ1v) is 6.80. The number of aryl methyl sites for hydroxylation is 1. The number of halogens is 3. The molecule has 1 heterocycles. The molecule has 0 aliphatic carbocycles. The molecule has 0 atom stereocenters. The maximum absolute atomic E-state index is 13.0. The lowest BCUT2D eigenvalue weighted by Crippen LogP contribution is -2.28. The zero-order valence-corrected chi connectivity index (χ0v) is 12.8. The van der Waals surface area contributed by atoms with E-state index >= 15 is 0 Å². The number of benzene rings is 1. The number of nitrogens with one attached hydrogen (secondary N) is 2. The lowest BCUT2D eigenvalue weighted by molar-refractivity contribution is 0.628. The Morgan fingerprint density at radius 2 is 2.15 bits per heavy atom. The van der Waals surface area contributed by atoms with Crippen LogP contribution in [0.15, 0.2) is 24.4 Å². The van der Waals surface area contributed by atoms with Gasteiger partial charge in [0.1, 0.15) is 5.82 Å². The van der Waals surface area contributed by atoms with E-state index in [4.69, 9.17) is 35.4 Å². The molecule has 2 aromatic rings. The van der Waals surface area contributed by atoms with E-state index in [9.17, 15) is 4.39 Å². The van der Waals surface area contributed by atoms with Crippen molar-refractivity contribution in [2.24, 2.45) is 7.05 Å². The van der Waals surface area contributed by atoms with Gasteiger partial charge in [0.15, 0.2) is 5.11 Å². The molecule has 0 saturated carbocycles. The van der Waals surface area contributed by atoms with E-state index in [2.05, 4.69) is 15.7 Å². The largest absolute Gasteiger partial charge is 0.357 e. The maximum atomic E-state index is 13.0. The van der Waals surface area contributed by atoms with Gasteiger partial charge in [0.25, 0.3) is 0 Å². The molecule has 0 spiro atoms. The first-order chi connectivity index (χ1) is 9.47. The van der Waals surface area contributed by atoms with Gasteiger partial charge in [-0.2, -0.15) is 5.10 Å². The Kier molecular flexibility index (Phi) is 4.80. The van der Waals surface area contributed by atoms with Crippen molar-refractivity contribution in [3.05, 3.63) is 46.0 Å². The fourth-order valence-electron chi connectivity index (χ4n) is 1.55. The highest BCUT2D eigenvalue weighted by Crippen LogP contribution is 2.19. The summed E-state index contributed by atoms with van der Waals surface area (Å²) in [5.74, 6) is -0.474. The standard InChI is InChI=1S/C12H11Cl2FN4S/c1-19-11(9(14)5-17-19)6-16-12(20)18-7-2-3-10(15)8(13)4-7/h2-5H,6H2,1H3,(H2,16,18,20). The van der Waals surface area contributed by atoms with Crippen LogP contribution >= 0.6 is 35.4 Å². The van der Waals surface area contributed by atoms with Crippen LogP contribution in [0, 0.1) is 5.82 Å². The van der Waals surface area contributed by atoms with Crippen molar-refractivity contribution >= 4 is 46.2 Å². The summed E-state index contributed by atoms with van der Waals surface area (Å²) in [4.78, 5) is 0. The van der Waals surface area contributed by atoms with Crippen LogP contribution in [0.2, 0.25) is 10.0 Å². The highest BCUT2D eigenvalue weighted by atomic mass is 35.5. The van der Waals surface area contributed by atoms with Crippen LogP contribution in [-0.4, -0.2) is 14.9 Å². The second kappa shape index (κ2) is 6.39. The highest BCUT2D eigenvalue weighted by molar-refractivity contribution is 7.80. The van der Waals surface area contributed by atoms with Crippen molar-refractivity contribution in [1.29, 1.82) is 0 Å². The van der Waals surface area contributed by atoms with Crippen LogP contribution in [0.25, 0.3) is 0 Å². The SMILES string of the molecule is Cn1ncc(Cl)c1CNC(=S)Nc1ccc(F)c(Cl)c1. The smallest absolute Gasteiger partial charge is 0.171 e. The average molecular weight is 333 g/mol. The average Bonchev–Trinajstić information content (AvgIpc) is 2.71. The third kappa shape index (κ3) is 3.59. The number of rotatable bonds is 3. The normalized spacial score (nSPS) is 10.4. The predicted molar refractivity (Wildman–Crippen MR) is 82.7 cm³/mol. The Balaban J connectivity index is 1.94. The van der Waals surface area contributed by atoms with Crippen molar-refractivity contribution in [2.75, 3.05) is 5.32 Å². The Labute approximate surface area is 130 Å². The van der Waals surface area contributed by atoms with Gasteiger partial charge in [-0.25, -0.2) is 4.39 Å². The summed E-state index contributed by atoms with van der Waals surface area (Å²) >= 11 is 16.8. The molecule has 0 amide bonds. The molecule has 2 rings (SSSR count). The Morgan fingerprint density at radius 1 is 1.40 bits per heavy atom. The van der Waals surface area contributed by atoms with Crippen molar-refractivity contribution < 1.29 is 4.39 Å². The Bertz CT molecular complexity index is 625. The molecule has 4 nitrogen and oxygen atoms in total. The number of aromatic nitrogens is 2. The van der Waals surface area contributed by atoms with E-state index in [1.54, 1.807) is 24.0 Å². The van der Waals surface area contributed by atoms with Crippen LogP contribution in [0.1, 0.15) is 5.69 Å². The molecule has 20 heavy (non-hydrogen) atoms. The molecule has 2 N–H and O–H groups in total. The van der Waals surface area contributed by atoms with E-state index in [0.717, 1.165) is 5.69 Å². The number of thiocarbonyl (C=S) groups is 1. The summed E-state index contributed by atoms with van der Waals surface area (Å²) in [6.45, 7) is 0.427. The van der Waals surface area contributed by atoms with Crippen molar-refractivity contribution in [1.82, 2.24) is 15.1 Å². The molecule has 0 aliphatic heterocycles. The number of nitrogens with zero attached hydrogens (tertiary/aromatic N) is 2. The quantitative estimate of drug-likeness (QED) is 0.846. The topological polar surface area (TPSA) is 41.9 Å². The lowest BCUT2D eigenvalue weighted by atomic mass is 10.3. The minimum absolute atomic E-state index is 0.0347. The van der Waals surface area contributed by atoms with E-state index in [-0.39, 0.29) is 5.02 Å². The molecule has 0 saturated heterocycles. The predicted octanol–water partition coefficient (Wildman–Crippen LogP) is 3.35. The molecule has 0 aliphatic rings. The molecule has 0 bridgehead atoms. The van der Waals surface area contributed by atoms with E-state index in [1.807, 2.05) is 0 Å². The van der Waals surface area contributed by atoms with Crippen LogP contribution < -0.4 is 10.6 Å². The molecule has 106 valence electrons. The Morgan fingerprint density at radius 3 is 2.75 bits per heavy atom. The van der Waals surface area contributed by atoms with Gasteiger partial charge < -0.3 is 10.6 Å².